The molecule has 0 aliphatic heterocycles. The van der Waals surface area contributed by atoms with E-state index in [1.165, 1.54) is 0 Å². The Morgan fingerprint density at radius 1 is 1.17 bits per heavy atom. The van der Waals surface area contributed by atoms with Gasteiger partial charge in [0.25, 0.3) is 5.91 Å². The van der Waals surface area contributed by atoms with Crippen LogP contribution in [0.5, 0.6) is 5.75 Å². The zero-order valence-corrected chi connectivity index (χ0v) is 16.7. The number of rotatable bonds is 7. The summed E-state index contributed by atoms with van der Waals surface area (Å²) in [6.07, 6.45) is 1.59. The van der Waals surface area contributed by atoms with E-state index in [2.05, 4.69) is 26.0 Å². The van der Waals surface area contributed by atoms with Gasteiger partial charge in [0.1, 0.15) is 10.8 Å². The first kappa shape index (κ1) is 20.2. The molecular formula is C20H19N5O3S. The summed E-state index contributed by atoms with van der Waals surface area (Å²) in [5.74, 6) is 0.0245. The lowest BCUT2D eigenvalue weighted by Crippen LogP contribution is -2.19. The van der Waals surface area contributed by atoms with Gasteiger partial charge in [-0.2, -0.15) is 5.10 Å². The smallest absolute Gasteiger partial charge is 0.257 e. The number of carbonyl (C=O) groups excluding carboxylic acids is 2. The van der Waals surface area contributed by atoms with Crippen LogP contribution in [0.2, 0.25) is 0 Å². The lowest BCUT2D eigenvalue weighted by Gasteiger charge is -2.02. The van der Waals surface area contributed by atoms with Crippen molar-refractivity contribution in [3.63, 3.8) is 0 Å². The maximum atomic E-state index is 12.2. The van der Waals surface area contributed by atoms with Crippen molar-refractivity contribution >= 4 is 34.5 Å². The molecule has 1 heterocycles. The van der Waals surface area contributed by atoms with Crippen molar-refractivity contribution in [2.75, 3.05) is 12.4 Å². The summed E-state index contributed by atoms with van der Waals surface area (Å²) in [5, 5.41) is 15.2. The summed E-state index contributed by atoms with van der Waals surface area (Å²) in [7, 11) is 1.56. The van der Waals surface area contributed by atoms with Gasteiger partial charge in [0.15, 0.2) is 0 Å². The van der Waals surface area contributed by atoms with E-state index in [0.717, 1.165) is 22.5 Å². The van der Waals surface area contributed by atoms with Crippen molar-refractivity contribution in [2.24, 2.45) is 5.10 Å². The van der Waals surface area contributed by atoms with E-state index in [-0.39, 0.29) is 18.2 Å². The summed E-state index contributed by atoms with van der Waals surface area (Å²) < 4.78 is 5.07. The van der Waals surface area contributed by atoms with Gasteiger partial charge in [-0.3, -0.25) is 14.9 Å². The molecule has 29 heavy (non-hydrogen) atoms. The van der Waals surface area contributed by atoms with Crippen LogP contribution in [-0.2, 0) is 11.2 Å². The van der Waals surface area contributed by atoms with Crippen molar-refractivity contribution in [2.45, 2.75) is 13.3 Å². The second-order valence-electron chi connectivity index (χ2n) is 6.07. The number of amides is 2. The molecule has 0 fully saturated rings. The number of aryl methyl sites for hydroxylation is 1. The molecule has 9 heteroatoms. The van der Waals surface area contributed by atoms with Crippen LogP contribution in [0.4, 0.5) is 5.13 Å². The molecular weight excluding hydrogens is 390 g/mol. The molecule has 0 radical (unpaired) electrons. The van der Waals surface area contributed by atoms with Gasteiger partial charge in [-0.15, -0.1) is 10.2 Å². The summed E-state index contributed by atoms with van der Waals surface area (Å²) in [5.41, 5.74) is 4.92. The summed E-state index contributed by atoms with van der Waals surface area (Å²) >= 11 is 1.13. The molecule has 0 saturated heterocycles. The van der Waals surface area contributed by atoms with Gasteiger partial charge in [0.05, 0.1) is 19.7 Å². The average Bonchev–Trinajstić information content (AvgIpc) is 3.14. The van der Waals surface area contributed by atoms with Crippen LogP contribution in [0.15, 0.2) is 53.6 Å². The van der Waals surface area contributed by atoms with Gasteiger partial charge < -0.3 is 4.74 Å². The maximum Gasteiger partial charge on any atom is 0.257 e. The predicted molar refractivity (Wildman–Crippen MR) is 111 cm³/mol. The van der Waals surface area contributed by atoms with E-state index in [4.69, 9.17) is 4.74 Å². The Hall–Kier alpha value is -3.59. The largest absolute Gasteiger partial charge is 0.497 e. The van der Waals surface area contributed by atoms with Gasteiger partial charge in [0, 0.05) is 5.56 Å². The normalized spacial score (nSPS) is 10.7. The Bertz CT molecular complexity index is 1030. The summed E-state index contributed by atoms with van der Waals surface area (Å²) in [6.45, 7) is 1.98. The zero-order chi connectivity index (χ0) is 20.6. The third-order valence-corrected chi connectivity index (χ3v) is 4.63. The lowest BCUT2D eigenvalue weighted by molar-refractivity contribution is -0.120. The van der Waals surface area contributed by atoms with E-state index >= 15 is 0 Å². The van der Waals surface area contributed by atoms with Crippen LogP contribution in [0.1, 0.15) is 26.5 Å². The molecule has 2 amide bonds. The number of hydrazone groups is 1. The number of hydrogen-bond donors (Lipinski definition) is 2. The van der Waals surface area contributed by atoms with Gasteiger partial charge in [0.2, 0.25) is 11.0 Å². The molecule has 0 saturated carbocycles. The minimum atomic E-state index is -0.321. The molecule has 2 N–H and O–H groups in total. The van der Waals surface area contributed by atoms with Crippen molar-refractivity contribution in [3.05, 3.63) is 70.2 Å². The minimum absolute atomic E-state index is 0.0151. The molecule has 0 aliphatic rings. The number of ether oxygens (including phenoxy) is 1. The Morgan fingerprint density at radius 2 is 1.97 bits per heavy atom. The molecule has 8 nitrogen and oxygen atoms in total. The summed E-state index contributed by atoms with van der Waals surface area (Å²) in [4.78, 5) is 24.2. The van der Waals surface area contributed by atoms with E-state index in [9.17, 15) is 9.59 Å². The van der Waals surface area contributed by atoms with Gasteiger partial charge in [-0.05, 0) is 36.8 Å². The predicted octanol–water partition coefficient (Wildman–Crippen LogP) is 2.80. The fraction of sp³-hybridized carbons (Fsp3) is 0.150. The number of carbonyl (C=O) groups is 2. The first-order valence-corrected chi connectivity index (χ1v) is 9.51. The number of anilines is 1. The Morgan fingerprint density at radius 3 is 2.69 bits per heavy atom. The summed E-state index contributed by atoms with van der Waals surface area (Å²) in [6, 6.07) is 14.4. The topological polar surface area (TPSA) is 106 Å². The Labute approximate surface area is 171 Å². The van der Waals surface area contributed by atoms with Crippen LogP contribution in [0.3, 0.4) is 0 Å². The number of nitrogens with one attached hydrogen (secondary N) is 2. The van der Waals surface area contributed by atoms with Crippen molar-refractivity contribution in [3.8, 4) is 5.75 Å². The van der Waals surface area contributed by atoms with Gasteiger partial charge in [-0.25, -0.2) is 5.43 Å². The highest BCUT2D eigenvalue weighted by atomic mass is 32.1. The number of aromatic nitrogens is 2. The highest BCUT2D eigenvalue weighted by Crippen LogP contribution is 2.18. The zero-order valence-electron chi connectivity index (χ0n) is 15.9. The second kappa shape index (κ2) is 9.56. The molecule has 0 atom stereocenters. The van der Waals surface area contributed by atoms with E-state index < -0.39 is 0 Å². The molecule has 2 aromatic carbocycles. The number of nitrogens with zero attached hydrogens (tertiary/aromatic N) is 3. The molecule has 0 bridgehead atoms. The first-order valence-electron chi connectivity index (χ1n) is 8.70. The van der Waals surface area contributed by atoms with E-state index in [0.29, 0.717) is 21.5 Å². The number of benzene rings is 2. The highest BCUT2D eigenvalue weighted by Gasteiger charge is 2.12. The molecule has 148 valence electrons. The highest BCUT2D eigenvalue weighted by molar-refractivity contribution is 7.15. The first-order chi connectivity index (χ1) is 14.0. The van der Waals surface area contributed by atoms with Crippen LogP contribution in [-0.4, -0.2) is 35.3 Å². The van der Waals surface area contributed by atoms with Gasteiger partial charge in [-0.1, -0.05) is 41.2 Å². The quantitative estimate of drug-likeness (QED) is 0.461. The van der Waals surface area contributed by atoms with Crippen LogP contribution in [0.25, 0.3) is 0 Å². The molecule has 1 aromatic heterocycles. The lowest BCUT2D eigenvalue weighted by atomic mass is 10.2. The molecule has 3 rings (SSSR count). The van der Waals surface area contributed by atoms with Crippen LogP contribution in [0, 0.1) is 6.92 Å². The van der Waals surface area contributed by atoms with E-state index in [1.54, 1.807) is 37.6 Å². The van der Waals surface area contributed by atoms with Crippen LogP contribution >= 0.6 is 11.3 Å². The van der Waals surface area contributed by atoms with Crippen molar-refractivity contribution in [1.82, 2.24) is 15.6 Å². The average molecular weight is 409 g/mol. The molecule has 0 aliphatic carbocycles. The number of methoxy groups -OCH3 is 1. The third-order valence-electron chi connectivity index (χ3n) is 3.80. The second-order valence-corrected chi connectivity index (χ2v) is 7.13. The molecule has 3 aromatic rings. The third kappa shape index (κ3) is 5.94. The van der Waals surface area contributed by atoms with Crippen molar-refractivity contribution in [1.29, 1.82) is 0 Å². The number of hydrogen-bond acceptors (Lipinski definition) is 7. The SMILES string of the molecule is COc1ccc(C(=O)Nc2nnc(CC(=O)N/N=C\c3cccc(C)c3)s2)cc1. The maximum absolute atomic E-state index is 12.2. The molecule has 0 unspecified atom stereocenters. The molecule has 0 spiro atoms. The Kier molecular flexibility index (Phi) is 6.64. The van der Waals surface area contributed by atoms with E-state index in [1.807, 2.05) is 31.2 Å². The fourth-order valence-electron chi connectivity index (χ4n) is 2.39. The van der Waals surface area contributed by atoms with Crippen LogP contribution < -0.4 is 15.5 Å². The van der Waals surface area contributed by atoms with Gasteiger partial charge >= 0.3 is 0 Å². The monoisotopic (exact) mass is 409 g/mol. The van der Waals surface area contributed by atoms with Crippen molar-refractivity contribution < 1.29 is 14.3 Å². The minimum Gasteiger partial charge on any atom is -0.497 e. The fourth-order valence-corrected chi connectivity index (χ4v) is 3.13. The standard InChI is InChI=1S/C20H19N5O3S/c1-13-4-3-5-14(10-13)12-21-23-17(26)11-18-24-25-20(29-18)22-19(27)15-6-8-16(28-2)9-7-15/h3-10,12H,11H2,1-2H3,(H,23,26)(H,22,25,27)/b21-12-. The Balaban J connectivity index is 1.51.